The van der Waals surface area contributed by atoms with Gasteiger partial charge in [0.25, 0.3) is 5.91 Å². The van der Waals surface area contributed by atoms with E-state index in [4.69, 9.17) is 4.74 Å². The summed E-state index contributed by atoms with van der Waals surface area (Å²) in [6.45, 7) is 2.72. The molecule has 1 saturated heterocycles. The highest BCUT2D eigenvalue weighted by Gasteiger charge is 2.33. The minimum absolute atomic E-state index is 0.00812. The Morgan fingerprint density at radius 1 is 1.09 bits per heavy atom. The average Bonchev–Trinajstić information content (AvgIpc) is 2.79. The molecule has 4 rings (SSSR count). The number of aromatic nitrogens is 4. The van der Waals surface area contributed by atoms with Crippen molar-refractivity contribution in [3.63, 3.8) is 0 Å². The van der Waals surface area contributed by atoms with Crippen LogP contribution in [-0.4, -0.2) is 49.9 Å². The fourth-order valence-corrected chi connectivity index (χ4v) is 3.65. The summed E-state index contributed by atoms with van der Waals surface area (Å²) in [5, 5.41) is 0. The highest BCUT2D eigenvalue weighted by atomic mass is 19.4. The molecule has 1 amide bonds. The number of halogens is 3. The van der Waals surface area contributed by atoms with Crippen molar-refractivity contribution in [2.24, 2.45) is 0 Å². The minimum atomic E-state index is -4.56. The third-order valence-corrected chi connectivity index (χ3v) is 5.16. The predicted octanol–water partition coefficient (Wildman–Crippen LogP) is 3.94. The molecule has 0 saturated carbocycles. The van der Waals surface area contributed by atoms with Crippen LogP contribution in [0.3, 0.4) is 0 Å². The van der Waals surface area contributed by atoms with E-state index in [1.165, 1.54) is 0 Å². The van der Waals surface area contributed by atoms with Gasteiger partial charge in [0, 0.05) is 24.5 Å². The zero-order valence-electron chi connectivity index (χ0n) is 17.2. The summed E-state index contributed by atoms with van der Waals surface area (Å²) in [7, 11) is 0. The zero-order valence-corrected chi connectivity index (χ0v) is 17.2. The summed E-state index contributed by atoms with van der Waals surface area (Å²) in [5.74, 6) is 0.285. The standard InChI is InChI=1S/C22H20F3N5O2/c1-14-5-2-7-16(19(14)20-26-8-4-9-27-20)21(31)30-10-3-6-15(13-30)32-18-12-28-17(11-29-18)22(23,24)25/h2,4-5,7-9,11-12,15H,3,6,10,13H2,1H3. The Morgan fingerprint density at radius 3 is 2.56 bits per heavy atom. The maximum atomic E-state index is 13.4. The lowest BCUT2D eigenvalue weighted by atomic mass is 9.98. The van der Waals surface area contributed by atoms with E-state index in [-0.39, 0.29) is 18.3 Å². The molecular weight excluding hydrogens is 423 g/mol. The number of carbonyl (C=O) groups excluding carboxylic acids is 1. The first-order valence-electron chi connectivity index (χ1n) is 10.0. The molecule has 1 aliphatic rings. The fourth-order valence-electron chi connectivity index (χ4n) is 3.65. The summed E-state index contributed by atoms with van der Waals surface area (Å²) in [5.41, 5.74) is 0.966. The van der Waals surface area contributed by atoms with E-state index in [1.54, 1.807) is 29.4 Å². The molecule has 0 N–H and O–H groups in total. The van der Waals surface area contributed by atoms with Gasteiger partial charge in [0.1, 0.15) is 6.10 Å². The van der Waals surface area contributed by atoms with Gasteiger partial charge in [-0.15, -0.1) is 0 Å². The molecule has 1 aromatic carbocycles. The first-order valence-corrected chi connectivity index (χ1v) is 10.0. The molecular formula is C22H20F3N5O2. The van der Waals surface area contributed by atoms with Crippen LogP contribution in [0.4, 0.5) is 13.2 Å². The highest BCUT2D eigenvalue weighted by molar-refractivity contribution is 6.00. The monoisotopic (exact) mass is 443 g/mol. The van der Waals surface area contributed by atoms with E-state index in [0.29, 0.717) is 42.5 Å². The lowest BCUT2D eigenvalue weighted by Gasteiger charge is -2.33. The number of aryl methyl sites for hydroxylation is 1. The SMILES string of the molecule is Cc1cccc(C(=O)N2CCCC(Oc3cnc(C(F)(F)F)cn3)C2)c1-c1ncccn1. The van der Waals surface area contributed by atoms with Gasteiger partial charge in [-0.05, 0) is 37.5 Å². The average molecular weight is 443 g/mol. The Kier molecular flexibility index (Phi) is 6.02. The van der Waals surface area contributed by atoms with Gasteiger partial charge in [0.05, 0.1) is 24.5 Å². The van der Waals surface area contributed by atoms with Crippen molar-refractivity contribution in [1.29, 1.82) is 0 Å². The number of benzene rings is 1. The van der Waals surface area contributed by atoms with Gasteiger partial charge in [-0.3, -0.25) is 4.79 Å². The van der Waals surface area contributed by atoms with E-state index in [0.717, 1.165) is 11.8 Å². The second kappa shape index (κ2) is 8.89. The van der Waals surface area contributed by atoms with E-state index in [1.807, 2.05) is 19.1 Å². The Labute approximate surface area is 182 Å². The van der Waals surface area contributed by atoms with Gasteiger partial charge < -0.3 is 9.64 Å². The molecule has 3 aromatic rings. The summed E-state index contributed by atoms with van der Waals surface area (Å²) >= 11 is 0. The smallest absolute Gasteiger partial charge is 0.434 e. The number of amides is 1. The molecule has 0 bridgehead atoms. The van der Waals surface area contributed by atoms with Gasteiger partial charge in [0.2, 0.25) is 5.88 Å². The molecule has 0 radical (unpaired) electrons. The molecule has 3 heterocycles. The van der Waals surface area contributed by atoms with Gasteiger partial charge in [-0.2, -0.15) is 13.2 Å². The van der Waals surface area contributed by atoms with Crippen LogP contribution in [-0.2, 0) is 6.18 Å². The lowest BCUT2D eigenvalue weighted by Crippen LogP contribution is -2.44. The van der Waals surface area contributed by atoms with Crippen LogP contribution in [0.5, 0.6) is 5.88 Å². The predicted molar refractivity (Wildman–Crippen MR) is 109 cm³/mol. The highest BCUT2D eigenvalue weighted by Crippen LogP contribution is 2.29. The van der Waals surface area contributed by atoms with E-state index < -0.39 is 18.0 Å². The summed E-state index contributed by atoms with van der Waals surface area (Å²) in [4.78, 5) is 30.7. The maximum absolute atomic E-state index is 13.4. The quantitative estimate of drug-likeness (QED) is 0.608. The number of alkyl halides is 3. The minimum Gasteiger partial charge on any atom is -0.471 e. The number of ether oxygens (including phenoxy) is 1. The molecule has 7 nitrogen and oxygen atoms in total. The van der Waals surface area contributed by atoms with Crippen molar-refractivity contribution in [2.75, 3.05) is 13.1 Å². The van der Waals surface area contributed by atoms with Crippen LogP contribution in [0.1, 0.15) is 34.5 Å². The van der Waals surface area contributed by atoms with Gasteiger partial charge in [0.15, 0.2) is 11.5 Å². The third kappa shape index (κ3) is 4.68. The summed E-state index contributed by atoms with van der Waals surface area (Å²) in [6, 6.07) is 7.16. The van der Waals surface area contributed by atoms with E-state index >= 15 is 0 Å². The Bertz CT molecular complexity index is 1090. The summed E-state index contributed by atoms with van der Waals surface area (Å²) in [6.07, 6.45) is 1.21. The van der Waals surface area contributed by atoms with Crippen molar-refractivity contribution in [2.45, 2.75) is 32.0 Å². The van der Waals surface area contributed by atoms with E-state index in [9.17, 15) is 18.0 Å². The van der Waals surface area contributed by atoms with Crippen LogP contribution in [0.2, 0.25) is 0 Å². The number of hydrogen-bond donors (Lipinski definition) is 0. The number of nitrogens with zero attached hydrogens (tertiary/aromatic N) is 5. The number of piperidine rings is 1. The molecule has 32 heavy (non-hydrogen) atoms. The molecule has 1 fully saturated rings. The zero-order chi connectivity index (χ0) is 22.7. The Balaban J connectivity index is 1.51. The largest absolute Gasteiger partial charge is 0.471 e. The van der Waals surface area contributed by atoms with Crippen LogP contribution in [0, 0.1) is 6.92 Å². The molecule has 1 aliphatic heterocycles. The van der Waals surface area contributed by atoms with E-state index in [2.05, 4.69) is 19.9 Å². The van der Waals surface area contributed by atoms with Crippen LogP contribution < -0.4 is 4.74 Å². The first-order chi connectivity index (χ1) is 15.3. The molecule has 0 aliphatic carbocycles. The first kappa shape index (κ1) is 21.7. The van der Waals surface area contributed by atoms with Gasteiger partial charge in [-0.1, -0.05) is 12.1 Å². The molecule has 166 valence electrons. The number of rotatable bonds is 4. The van der Waals surface area contributed by atoms with Gasteiger partial charge >= 0.3 is 6.18 Å². The normalized spacial score (nSPS) is 16.6. The Morgan fingerprint density at radius 2 is 1.88 bits per heavy atom. The second-order valence-electron chi connectivity index (χ2n) is 7.44. The second-order valence-corrected chi connectivity index (χ2v) is 7.44. The van der Waals surface area contributed by atoms with Crippen LogP contribution in [0.25, 0.3) is 11.4 Å². The third-order valence-electron chi connectivity index (χ3n) is 5.16. The maximum Gasteiger partial charge on any atom is 0.434 e. The van der Waals surface area contributed by atoms with Crippen molar-refractivity contribution in [3.05, 3.63) is 65.9 Å². The molecule has 2 aromatic heterocycles. The fraction of sp³-hybridized carbons (Fsp3) is 0.318. The number of likely N-dealkylation sites (tertiary alicyclic amines) is 1. The van der Waals surface area contributed by atoms with Crippen molar-refractivity contribution >= 4 is 5.91 Å². The molecule has 1 unspecified atom stereocenters. The van der Waals surface area contributed by atoms with Crippen molar-refractivity contribution in [1.82, 2.24) is 24.8 Å². The van der Waals surface area contributed by atoms with Crippen molar-refractivity contribution in [3.8, 4) is 17.3 Å². The molecule has 0 spiro atoms. The molecule has 10 heteroatoms. The summed E-state index contributed by atoms with van der Waals surface area (Å²) < 4.78 is 43.7. The number of carbonyl (C=O) groups is 1. The van der Waals surface area contributed by atoms with Gasteiger partial charge in [-0.25, -0.2) is 19.9 Å². The lowest BCUT2D eigenvalue weighted by molar-refractivity contribution is -0.141. The van der Waals surface area contributed by atoms with Crippen molar-refractivity contribution < 1.29 is 22.7 Å². The molecule has 1 atom stereocenters. The number of hydrogen-bond acceptors (Lipinski definition) is 6. The Hall–Kier alpha value is -3.56. The van der Waals surface area contributed by atoms with Crippen LogP contribution >= 0.6 is 0 Å². The topological polar surface area (TPSA) is 81.1 Å². The van der Waals surface area contributed by atoms with Crippen LogP contribution in [0.15, 0.2) is 49.1 Å².